The van der Waals surface area contributed by atoms with Gasteiger partial charge in [-0.05, 0) is 30.5 Å². The van der Waals surface area contributed by atoms with Gasteiger partial charge >= 0.3 is 11.3 Å². The monoisotopic (exact) mass is 492 g/mol. The lowest BCUT2D eigenvalue weighted by molar-refractivity contribution is -0.340. The lowest BCUT2D eigenvalue weighted by atomic mass is 9.82. The predicted molar refractivity (Wildman–Crippen MR) is 110 cm³/mol. The number of ether oxygens (including phenoxy) is 5. The van der Waals surface area contributed by atoms with E-state index < -0.39 is 72.8 Å². The fourth-order valence-electron chi connectivity index (χ4n) is 4.08. The zero-order valence-electron chi connectivity index (χ0n) is 18.0. The van der Waals surface area contributed by atoms with Crippen LogP contribution in [0, 0.1) is 11.8 Å². The summed E-state index contributed by atoms with van der Waals surface area (Å²) in [6.07, 6.45) is -6.00. The summed E-state index contributed by atoms with van der Waals surface area (Å²) in [5, 5.41) is 49.8. The van der Waals surface area contributed by atoms with Gasteiger partial charge in [0.2, 0.25) is 6.29 Å². The topological polar surface area (TPSA) is 181 Å². The Morgan fingerprint density at radius 3 is 2.42 bits per heavy atom. The molecule has 0 spiro atoms. The van der Waals surface area contributed by atoms with E-state index in [9.17, 15) is 35.1 Å². The summed E-state index contributed by atoms with van der Waals surface area (Å²) in [7, 11) is 0. The summed E-state index contributed by atoms with van der Waals surface area (Å²) < 4.78 is 26.9. The Kier molecular flexibility index (Phi) is 8.75. The molecule has 2 aliphatic heterocycles. The third-order valence-corrected chi connectivity index (χ3v) is 6.15. The Morgan fingerprint density at radius 1 is 1.06 bits per heavy atom. The lowest BCUT2D eigenvalue weighted by Crippen LogP contribution is -2.60. The Morgan fingerprint density at radius 2 is 1.79 bits per heavy atom. The van der Waals surface area contributed by atoms with Gasteiger partial charge in [0.1, 0.15) is 31.0 Å². The minimum atomic E-state index is -1.69. The van der Waals surface area contributed by atoms with E-state index in [1.807, 2.05) is 0 Å². The van der Waals surface area contributed by atoms with Gasteiger partial charge in [0.05, 0.1) is 37.1 Å². The first-order chi connectivity index (χ1) is 15.7. The third-order valence-electron chi connectivity index (χ3n) is 5.70. The van der Waals surface area contributed by atoms with Crippen molar-refractivity contribution in [2.75, 3.05) is 26.1 Å². The van der Waals surface area contributed by atoms with E-state index in [1.54, 1.807) is 13.2 Å². The van der Waals surface area contributed by atoms with Crippen LogP contribution >= 0.6 is 11.8 Å². The maximum Gasteiger partial charge on any atom is 0.367 e. The highest BCUT2D eigenvalue weighted by atomic mass is 32.2. The molecule has 9 atom stereocenters. The quantitative estimate of drug-likeness (QED) is 0.208. The molecule has 1 aliphatic carbocycles. The first-order valence-corrected chi connectivity index (χ1v) is 11.5. The van der Waals surface area contributed by atoms with Gasteiger partial charge in [-0.25, -0.2) is 9.59 Å². The van der Waals surface area contributed by atoms with Crippen LogP contribution in [-0.4, -0.2) is 106 Å². The van der Waals surface area contributed by atoms with Crippen LogP contribution in [-0.2, 0) is 28.5 Å². The average molecular weight is 492 g/mol. The van der Waals surface area contributed by atoms with Crippen LogP contribution in [0.25, 0.3) is 0 Å². The molecule has 0 aromatic rings. The molecule has 0 aromatic carbocycles. The number of esters is 1. The Bertz CT molecular complexity index is 783. The van der Waals surface area contributed by atoms with Crippen molar-refractivity contribution in [1.29, 1.82) is 0 Å². The molecule has 2 heterocycles. The fraction of sp³-hybridized carbons (Fsp3) is 0.700. The van der Waals surface area contributed by atoms with Crippen molar-refractivity contribution >= 4 is 23.0 Å². The molecular formula is C20H28O12S. The number of rotatable bonds is 7. The number of carbonyl (C=O) groups excluding carboxylic acids is 2. The van der Waals surface area contributed by atoms with Crippen LogP contribution in [0.15, 0.2) is 23.5 Å². The minimum Gasteiger partial charge on any atom is -0.471 e. The van der Waals surface area contributed by atoms with Crippen molar-refractivity contribution in [3.63, 3.8) is 0 Å². The molecule has 0 bridgehead atoms. The molecule has 3 rings (SSSR count). The van der Waals surface area contributed by atoms with Gasteiger partial charge in [0.15, 0.2) is 6.29 Å². The fourth-order valence-corrected chi connectivity index (χ4v) is 4.25. The van der Waals surface area contributed by atoms with E-state index in [4.69, 9.17) is 23.7 Å². The second-order valence-electron chi connectivity index (χ2n) is 7.66. The van der Waals surface area contributed by atoms with E-state index in [0.29, 0.717) is 5.57 Å². The molecule has 0 amide bonds. The van der Waals surface area contributed by atoms with Gasteiger partial charge < -0.3 is 49.2 Å². The summed E-state index contributed by atoms with van der Waals surface area (Å²) in [5.41, 5.74) is 0.449. The number of aliphatic hydroxyl groups excluding tert-OH is 5. The predicted octanol–water partition coefficient (Wildman–Crippen LogP) is -1.36. The van der Waals surface area contributed by atoms with E-state index in [1.165, 1.54) is 6.08 Å². The first-order valence-electron chi connectivity index (χ1n) is 10.3. The molecular weight excluding hydrogens is 464 g/mol. The summed E-state index contributed by atoms with van der Waals surface area (Å²) in [6.45, 7) is 0.858. The standard InChI is InChI=1S/C20H28O12S/c1-3-28-17(26)9-7-29-18(32-19-16(25)15(24)14(23)11(5-21)31-19)12-8(4-10(22)13(9)12)6-30-20(27)33-2/h4,7,10-16,18-19,21-25H,3,5-6H2,1-2H3. The van der Waals surface area contributed by atoms with Crippen LogP contribution < -0.4 is 0 Å². The molecule has 186 valence electrons. The number of aliphatic hydroxyl groups is 5. The zero-order chi connectivity index (χ0) is 24.3. The van der Waals surface area contributed by atoms with Gasteiger partial charge in [-0.15, -0.1) is 0 Å². The van der Waals surface area contributed by atoms with Crippen LogP contribution in [0.2, 0.25) is 0 Å². The normalized spacial score (nSPS) is 38.0. The molecule has 5 N–H and O–H groups in total. The number of carbonyl (C=O) groups is 2. The van der Waals surface area contributed by atoms with Gasteiger partial charge in [0, 0.05) is 5.92 Å². The minimum absolute atomic E-state index is 0.0467. The summed E-state index contributed by atoms with van der Waals surface area (Å²) in [5.74, 6) is -2.41. The first kappa shape index (κ1) is 25.9. The maximum absolute atomic E-state index is 12.4. The smallest absolute Gasteiger partial charge is 0.367 e. The zero-order valence-corrected chi connectivity index (χ0v) is 18.8. The molecule has 13 heteroatoms. The Labute approximate surface area is 193 Å². The molecule has 33 heavy (non-hydrogen) atoms. The van der Waals surface area contributed by atoms with Crippen molar-refractivity contribution in [1.82, 2.24) is 0 Å². The van der Waals surface area contributed by atoms with Crippen molar-refractivity contribution in [2.24, 2.45) is 11.8 Å². The highest BCUT2D eigenvalue weighted by molar-refractivity contribution is 8.12. The summed E-state index contributed by atoms with van der Waals surface area (Å²) in [6, 6.07) is 0. The molecule has 0 radical (unpaired) electrons. The molecule has 0 aromatic heterocycles. The van der Waals surface area contributed by atoms with E-state index in [2.05, 4.69) is 0 Å². The summed E-state index contributed by atoms with van der Waals surface area (Å²) in [4.78, 5) is 24.0. The van der Waals surface area contributed by atoms with Crippen LogP contribution in [0.3, 0.4) is 0 Å². The van der Waals surface area contributed by atoms with Crippen LogP contribution in [0.1, 0.15) is 6.92 Å². The number of hydrogen-bond donors (Lipinski definition) is 5. The van der Waals surface area contributed by atoms with E-state index in [0.717, 1.165) is 18.0 Å². The van der Waals surface area contributed by atoms with Gasteiger partial charge in [-0.1, -0.05) is 6.08 Å². The molecule has 3 aliphatic rings. The Balaban J connectivity index is 1.86. The molecule has 0 saturated carbocycles. The largest absolute Gasteiger partial charge is 0.471 e. The summed E-state index contributed by atoms with van der Waals surface area (Å²) >= 11 is 0.856. The maximum atomic E-state index is 12.4. The SMILES string of the molecule is CCOC(=O)C1=COC(OC2OC(CO)C(O)C(O)C2O)C2C(COC(=O)SC)=CC(O)C12. The van der Waals surface area contributed by atoms with E-state index in [-0.39, 0.29) is 18.8 Å². The van der Waals surface area contributed by atoms with Crippen LogP contribution in [0.5, 0.6) is 0 Å². The van der Waals surface area contributed by atoms with Crippen molar-refractivity contribution in [2.45, 2.75) is 50.0 Å². The van der Waals surface area contributed by atoms with E-state index >= 15 is 0 Å². The van der Waals surface area contributed by atoms with Crippen molar-refractivity contribution < 1.29 is 58.8 Å². The van der Waals surface area contributed by atoms with Crippen molar-refractivity contribution in [3.05, 3.63) is 23.5 Å². The van der Waals surface area contributed by atoms with Gasteiger partial charge in [-0.2, -0.15) is 0 Å². The lowest BCUT2D eigenvalue weighted by Gasteiger charge is -2.43. The average Bonchev–Trinajstić information content (AvgIpc) is 3.14. The number of hydrogen-bond acceptors (Lipinski definition) is 13. The number of fused-ring (bicyclic) bond motifs is 1. The van der Waals surface area contributed by atoms with Gasteiger partial charge in [0.25, 0.3) is 0 Å². The number of thioether (sulfide) groups is 1. The Hall–Kier alpha value is -1.71. The highest BCUT2D eigenvalue weighted by Gasteiger charge is 2.52. The third kappa shape index (κ3) is 5.35. The molecule has 9 unspecified atom stereocenters. The highest BCUT2D eigenvalue weighted by Crippen LogP contribution is 2.45. The molecule has 1 fully saturated rings. The van der Waals surface area contributed by atoms with Crippen molar-refractivity contribution in [3.8, 4) is 0 Å². The molecule has 12 nitrogen and oxygen atoms in total. The van der Waals surface area contributed by atoms with Crippen LogP contribution in [0.4, 0.5) is 4.79 Å². The second kappa shape index (κ2) is 11.1. The molecule has 1 saturated heterocycles. The van der Waals surface area contributed by atoms with Gasteiger partial charge in [-0.3, -0.25) is 0 Å². The second-order valence-corrected chi connectivity index (χ2v) is 8.40.